The number of morpholine rings is 1. The van der Waals surface area contributed by atoms with Gasteiger partial charge < -0.3 is 34.2 Å². The first-order valence-electron chi connectivity index (χ1n) is 13.7. The molecule has 208 valence electrons. The van der Waals surface area contributed by atoms with Crippen LogP contribution in [-0.2, 0) is 28.6 Å². The van der Waals surface area contributed by atoms with Crippen LogP contribution in [0, 0.1) is 5.92 Å². The summed E-state index contributed by atoms with van der Waals surface area (Å²) in [6, 6.07) is -1.50. The Morgan fingerprint density at radius 3 is 2.32 bits per heavy atom. The third-order valence-electron chi connectivity index (χ3n) is 7.62. The van der Waals surface area contributed by atoms with Crippen LogP contribution in [0.25, 0.3) is 0 Å². The molecule has 4 rings (SSSR count). The molecule has 0 aromatic heterocycles. The van der Waals surface area contributed by atoms with Crippen molar-refractivity contribution in [2.75, 3.05) is 46.0 Å². The molecule has 0 aromatic rings. The number of rotatable bonds is 5. The summed E-state index contributed by atoms with van der Waals surface area (Å²) in [6.45, 7) is 10.8. The molecule has 0 unspecified atom stereocenters. The monoisotopic (exact) mass is 522 g/mol. The lowest BCUT2D eigenvalue weighted by Gasteiger charge is -2.44. The van der Waals surface area contributed by atoms with Crippen molar-refractivity contribution in [3.63, 3.8) is 0 Å². The van der Waals surface area contributed by atoms with Gasteiger partial charge in [-0.15, -0.1) is 0 Å². The summed E-state index contributed by atoms with van der Waals surface area (Å²) in [6.07, 6.45) is 2.31. The van der Waals surface area contributed by atoms with E-state index in [1.165, 1.54) is 0 Å². The van der Waals surface area contributed by atoms with Crippen molar-refractivity contribution in [2.45, 2.75) is 89.6 Å². The minimum Gasteiger partial charge on any atom is -0.444 e. The van der Waals surface area contributed by atoms with Gasteiger partial charge in [-0.3, -0.25) is 14.4 Å². The highest BCUT2D eigenvalue weighted by atomic mass is 16.6. The van der Waals surface area contributed by atoms with Crippen LogP contribution in [0.4, 0.5) is 4.79 Å². The van der Waals surface area contributed by atoms with Crippen molar-refractivity contribution in [3.8, 4) is 0 Å². The van der Waals surface area contributed by atoms with Crippen molar-refractivity contribution in [2.24, 2.45) is 5.92 Å². The summed E-state index contributed by atoms with van der Waals surface area (Å²) in [5.41, 5.74) is -0.699. The zero-order chi connectivity index (χ0) is 26.7. The van der Waals surface area contributed by atoms with Gasteiger partial charge in [0, 0.05) is 45.2 Å². The second-order valence-corrected chi connectivity index (χ2v) is 11.5. The van der Waals surface area contributed by atoms with E-state index in [1.807, 2.05) is 11.8 Å². The SMILES string of the molecule is CCO[C@@H]1CC[C@H]2CC[C@@H](C(=O)N3CC(C(=O)N4CCOCC4)C3)N2C(=O)[C@@H](NC(=O)OC(C)(C)C)C1. The van der Waals surface area contributed by atoms with Crippen LogP contribution < -0.4 is 5.32 Å². The second kappa shape index (κ2) is 11.6. The standard InChI is InChI=1S/C26H42N4O7/c1-5-36-19-8-6-18-7-9-21(30(18)23(32)20(14-19)27-25(34)37-26(2,3)4)24(33)29-15-17(16-29)22(31)28-10-12-35-13-11-28/h17-21H,5-16H2,1-4H3,(H,27,34)/t18-,19+,20-,21-/m0/s1. The molecular weight excluding hydrogens is 480 g/mol. The van der Waals surface area contributed by atoms with Crippen molar-refractivity contribution in [1.82, 2.24) is 20.0 Å². The number of fused-ring (bicyclic) bond motifs is 1. The molecular formula is C26H42N4O7. The maximum Gasteiger partial charge on any atom is 0.408 e. The van der Waals surface area contributed by atoms with Gasteiger partial charge in [0.1, 0.15) is 17.7 Å². The van der Waals surface area contributed by atoms with Gasteiger partial charge in [0.05, 0.1) is 25.2 Å². The number of ether oxygens (including phenoxy) is 3. The van der Waals surface area contributed by atoms with E-state index in [2.05, 4.69) is 5.32 Å². The van der Waals surface area contributed by atoms with E-state index in [4.69, 9.17) is 14.2 Å². The van der Waals surface area contributed by atoms with Gasteiger partial charge in [-0.05, 0) is 53.4 Å². The molecule has 0 aliphatic carbocycles. The van der Waals surface area contributed by atoms with E-state index in [0.717, 1.165) is 19.3 Å². The Kier molecular flexibility index (Phi) is 8.63. The van der Waals surface area contributed by atoms with E-state index in [9.17, 15) is 19.2 Å². The Balaban J connectivity index is 1.42. The van der Waals surface area contributed by atoms with Gasteiger partial charge >= 0.3 is 6.09 Å². The fourth-order valence-electron chi connectivity index (χ4n) is 5.81. The van der Waals surface area contributed by atoms with Crippen LogP contribution >= 0.6 is 0 Å². The van der Waals surface area contributed by atoms with Crippen LogP contribution in [0.5, 0.6) is 0 Å². The third kappa shape index (κ3) is 6.54. The fraction of sp³-hybridized carbons (Fsp3) is 0.846. The van der Waals surface area contributed by atoms with E-state index >= 15 is 0 Å². The third-order valence-corrected chi connectivity index (χ3v) is 7.62. The predicted octanol–water partition coefficient (Wildman–Crippen LogP) is 1.15. The molecule has 4 atom stereocenters. The molecule has 1 N–H and O–H groups in total. The Bertz CT molecular complexity index is 863. The topological polar surface area (TPSA) is 118 Å². The molecule has 4 aliphatic rings. The minimum absolute atomic E-state index is 0.0718. The van der Waals surface area contributed by atoms with Crippen molar-refractivity contribution < 1.29 is 33.4 Å². The maximum absolute atomic E-state index is 13.8. The number of nitrogens with one attached hydrogen (secondary N) is 1. The van der Waals surface area contributed by atoms with Gasteiger partial charge in [0.25, 0.3) is 0 Å². The Hall–Kier alpha value is -2.40. The molecule has 0 bridgehead atoms. The quantitative estimate of drug-likeness (QED) is 0.575. The number of carbonyl (C=O) groups is 4. The Morgan fingerprint density at radius 1 is 1.00 bits per heavy atom. The van der Waals surface area contributed by atoms with Crippen LogP contribution in [0.15, 0.2) is 0 Å². The van der Waals surface area contributed by atoms with Crippen LogP contribution in [0.2, 0.25) is 0 Å². The molecule has 0 aromatic carbocycles. The first-order chi connectivity index (χ1) is 17.6. The zero-order valence-electron chi connectivity index (χ0n) is 22.6. The highest BCUT2D eigenvalue weighted by Gasteiger charge is 2.49. The molecule has 11 nitrogen and oxygen atoms in total. The number of carbonyl (C=O) groups excluding carboxylic acids is 4. The number of nitrogens with zero attached hydrogens (tertiary/aromatic N) is 3. The Labute approximate surface area is 219 Å². The number of likely N-dealkylation sites (tertiary alicyclic amines) is 1. The van der Waals surface area contributed by atoms with Crippen molar-refractivity contribution in [3.05, 3.63) is 0 Å². The van der Waals surface area contributed by atoms with Crippen LogP contribution in [0.1, 0.15) is 59.8 Å². The largest absolute Gasteiger partial charge is 0.444 e. The van der Waals surface area contributed by atoms with Crippen LogP contribution in [-0.4, -0.2) is 114 Å². The highest BCUT2D eigenvalue weighted by molar-refractivity contribution is 5.93. The fourth-order valence-corrected chi connectivity index (χ4v) is 5.81. The van der Waals surface area contributed by atoms with E-state index < -0.39 is 23.8 Å². The average molecular weight is 523 g/mol. The number of amides is 4. The smallest absolute Gasteiger partial charge is 0.408 e. The van der Waals surface area contributed by atoms with Gasteiger partial charge in [-0.1, -0.05) is 0 Å². The summed E-state index contributed by atoms with van der Waals surface area (Å²) in [4.78, 5) is 57.9. The minimum atomic E-state index is -0.838. The van der Waals surface area contributed by atoms with Gasteiger partial charge in [0.15, 0.2) is 0 Å². The molecule has 0 spiro atoms. The summed E-state index contributed by atoms with van der Waals surface area (Å²) >= 11 is 0. The Morgan fingerprint density at radius 2 is 1.68 bits per heavy atom. The number of hydrogen-bond donors (Lipinski definition) is 1. The lowest BCUT2D eigenvalue weighted by atomic mass is 9.95. The molecule has 4 amide bonds. The molecule has 11 heteroatoms. The normalized spacial score (nSPS) is 29.2. The highest BCUT2D eigenvalue weighted by Crippen LogP contribution is 2.34. The lowest BCUT2D eigenvalue weighted by Crippen LogP contribution is -2.63. The van der Waals surface area contributed by atoms with Crippen molar-refractivity contribution in [1.29, 1.82) is 0 Å². The molecule has 4 fully saturated rings. The average Bonchev–Trinajstić information content (AvgIpc) is 3.22. The van der Waals surface area contributed by atoms with Crippen LogP contribution in [0.3, 0.4) is 0 Å². The summed E-state index contributed by atoms with van der Waals surface area (Å²) in [7, 11) is 0. The van der Waals surface area contributed by atoms with E-state index in [-0.39, 0.29) is 35.8 Å². The first kappa shape index (κ1) is 27.6. The molecule has 4 aliphatic heterocycles. The molecule has 0 saturated carbocycles. The van der Waals surface area contributed by atoms with Crippen molar-refractivity contribution >= 4 is 23.8 Å². The summed E-state index contributed by atoms with van der Waals surface area (Å²) in [5.74, 6) is -0.504. The first-order valence-corrected chi connectivity index (χ1v) is 13.7. The predicted molar refractivity (Wildman–Crippen MR) is 134 cm³/mol. The maximum atomic E-state index is 13.8. The van der Waals surface area contributed by atoms with E-state index in [1.54, 1.807) is 30.6 Å². The van der Waals surface area contributed by atoms with E-state index in [0.29, 0.717) is 58.8 Å². The molecule has 0 radical (unpaired) electrons. The summed E-state index contributed by atoms with van der Waals surface area (Å²) < 4.78 is 16.6. The molecule has 4 heterocycles. The number of hydrogen-bond acceptors (Lipinski definition) is 7. The van der Waals surface area contributed by atoms with Gasteiger partial charge in [0.2, 0.25) is 17.7 Å². The molecule has 37 heavy (non-hydrogen) atoms. The summed E-state index contributed by atoms with van der Waals surface area (Å²) in [5, 5.41) is 2.75. The number of alkyl carbamates (subject to hydrolysis) is 1. The van der Waals surface area contributed by atoms with Gasteiger partial charge in [-0.25, -0.2) is 4.79 Å². The molecule has 4 saturated heterocycles. The van der Waals surface area contributed by atoms with Gasteiger partial charge in [-0.2, -0.15) is 0 Å². The zero-order valence-corrected chi connectivity index (χ0v) is 22.6. The lowest BCUT2D eigenvalue weighted by molar-refractivity contribution is -0.157. The second-order valence-electron chi connectivity index (χ2n) is 11.5.